The lowest BCUT2D eigenvalue weighted by atomic mass is 10.2. The fourth-order valence-corrected chi connectivity index (χ4v) is 3.24. The molecule has 0 spiro atoms. The van der Waals surface area contributed by atoms with Gasteiger partial charge >= 0.3 is 0 Å². The first-order chi connectivity index (χ1) is 11.3. The average Bonchev–Trinajstić information content (AvgIpc) is 2.55. The Kier molecular flexibility index (Phi) is 6.10. The lowest BCUT2D eigenvalue weighted by Crippen LogP contribution is -2.22. The molecule has 2 aromatic rings. The van der Waals surface area contributed by atoms with Crippen molar-refractivity contribution in [1.82, 2.24) is 4.31 Å². The third kappa shape index (κ3) is 4.41. The molecule has 7 heteroatoms. The van der Waals surface area contributed by atoms with Crippen LogP contribution in [0.1, 0.15) is 12.5 Å². The van der Waals surface area contributed by atoms with Crippen LogP contribution < -0.4 is 10.6 Å². The van der Waals surface area contributed by atoms with Crippen molar-refractivity contribution in [3.8, 4) is 0 Å². The van der Waals surface area contributed by atoms with Gasteiger partial charge in [-0.2, -0.15) is 0 Å². The van der Waals surface area contributed by atoms with E-state index in [0.717, 1.165) is 23.5 Å². The number of halogens is 1. The molecule has 0 saturated heterocycles. The number of sulfonamides is 1. The van der Waals surface area contributed by atoms with E-state index in [9.17, 15) is 8.42 Å². The molecule has 5 nitrogen and oxygen atoms in total. The van der Waals surface area contributed by atoms with Gasteiger partial charge in [0.25, 0.3) is 0 Å². The summed E-state index contributed by atoms with van der Waals surface area (Å²) in [5, 5.41) is 7.22. The number of rotatable bonds is 7. The first kappa shape index (κ1) is 18.6. The van der Waals surface area contributed by atoms with Crippen LogP contribution in [0.5, 0.6) is 0 Å². The van der Waals surface area contributed by atoms with Crippen molar-refractivity contribution in [2.24, 2.45) is 0 Å². The summed E-state index contributed by atoms with van der Waals surface area (Å²) in [5.74, 6) is 0. The van der Waals surface area contributed by atoms with Gasteiger partial charge < -0.3 is 10.6 Å². The van der Waals surface area contributed by atoms with Crippen molar-refractivity contribution in [1.29, 1.82) is 0 Å². The minimum Gasteiger partial charge on any atom is -0.384 e. The van der Waals surface area contributed by atoms with Crippen LogP contribution in [0, 0.1) is 0 Å². The van der Waals surface area contributed by atoms with Gasteiger partial charge in [0.15, 0.2) is 0 Å². The highest BCUT2D eigenvalue weighted by molar-refractivity contribution is 7.89. The fourth-order valence-electron chi connectivity index (χ4n) is 2.19. The molecular weight excluding hydrogens is 346 g/mol. The molecule has 0 aromatic heterocycles. The van der Waals surface area contributed by atoms with E-state index in [1.165, 1.54) is 18.4 Å². The second kappa shape index (κ2) is 7.88. The molecule has 130 valence electrons. The Bertz CT molecular complexity index is 790. The molecule has 2 rings (SSSR count). The van der Waals surface area contributed by atoms with Gasteiger partial charge in [-0.25, -0.2) is 12.7 Å². The molecule has 0 unspecified atom stereocenters. The Labute approximate surface area is 148 Å². The van der Waals surface area contributed by atoms with E-state index < -0.39 is 10.0 Å². The van der Waals surface area contributed by atoms with E-state index in [1.807, 2.05) is 31.2 Å². The van der Waals surface area contributed by atoms with E-state index in [2.05, 4.69) is 10.6 Å². The third-order valence-electron chi connectivity index (χ3n) is 3.53. The number of hydrogen-bond donors (Lipinski definition) is 2. The highest BCUT2D eigenvalue weighted by Crippen LogP contribution is 2.27. The molecular formula is C17H22ClN3O2S. The predicted octanol–water partition coefficient (Wildman–Crippen LogP) is 3.63. The molecule has 0 saturated carbocycles. The van der Waals surface area contributed by atoms with Gasteiger partial charge in [-0.3, -0.25) is 0 Å². The molecule has 0 heterocycles. The van der Waals surface area contributed by atoms with Crippen molar-refractivity contribution < 1.29 is 8.42 Å². The number of hydrogen-bond acceptors (Lipinski definition) is 4. The Hall–Kier alpha value is -1.76. The molecule has 24 heavy (non-hydrogen) atoms. The summed E-state index contributed by atoms with van der Waals surface area (Å²) < 4.78 is 25.9. The van der Waals surface area contributed by atoms with Gasteiger partial charge in [-0.15, -0.1) is 0 Å². The summed E-state index contributed by atoms with van der Waals surface area (Å²) in [6.45, 7) is 3.31. The lowest BCUT2D eigenvalue weighted by Gasteiger charge is -2.17. The van der Waals surface area contributed by atoms with Crippen molar-refractivity contribution in [3.05, 3.63) is 53.1 Å². The minimum atomic E-state index is -3.47. The molecule has 0 aliphatic rings. The van der Waals surface area contributed by atoms with Crippen LogP contribution in [0.4, 0.5) is 11.4 Å². The Morgan fingerprint density at radius 2 is 1.67 bits per heavy atom. The summed E-state index contributed by atoms with van der Waals surface area (Å²) >= 11 is 5.89. The van der Waals surface area contributed by atoms with Crippen molar-refractivity contribution in [3.63, 3.8) is 0 Å². The fraction of sp³-hybridized carbons (Fsp3) is 0.294. The molecule has 2 N–H and O–H groups in total. The zero-order valence-electron chi connectivity index (χ0n) is 14.0. The zero-order chi connectivity index (χ0) is 17.7. The number of anilines is 2. The molecule has 0 fully saturated rings. The van der Waals surface area contributed by atoms with Crippen molar-refractivity contribution in [2.45, 2.75) is 18.4 Å². The summed E-state index contributed by atoms with van der Waals surface area (Å²) in [6.07, 6.45) is 0. The normalized spacial score (nSPS) is 11.5. The quantitative estimate of drug-likeness (QED) is 0.784. The highest BCUT2D eigenvalue weighted by atomic mass is 35.5. The van der Waals surface area contributed by atoms with Gasteiger partial charge in [0.1, 0.15) is 0 Å². The maximum absolute atomic E-state index is 12.3. The lowest BCUT2D eigenvalue weighted by molar-refractivity contribution is 0.521. The maximum atomic E-state index is 12.3. The van der Waals surface area contributed by atoms with Crippen LogP contribution in [-0.4, -0.2) is 33.4 Å². The van der Waals surface area contributed by atoms with Crippen LogP contribution in [0.15, 0.2) is 47.4 Å². The van der Waals surface area contributed by atoms with E-state index in [1.54, 1.807) is 18.2 Å². The van der Waals surface area contributed by atoms with E-state index in [0.29, 0.717) is 11.6 Å². The van der Waals surface area contributed by atoms with Crippen molar-refractivity contribution >= 4 is 33.0 Å². The van der Waals surface area contributed by atoms with Gasteiger partial charge in [0, 0.05) is 32.2 Å². The molecule has 0 amide bonds. The average molecular weight is 368 g/mol. The first-order valence-corrected chi connectivity index (χ1v) is 9.45. The molecule has 0 radical (unpaired) electrons. The smallest absolute Gasteiger partial charge is 0.242 e. The van der Waals surface area contributed by atoms with Crippen LogP contribution in [0.2, 0.25) is 5.02 Å². The second-order valence-corrected chi connectivity index (χ2v) is 8.09. The van der Waals surface area contributed by atoms with E-state index >= 15 is 0 Å². The van der Waals surface area contributed by atoms with E-state index in [-0.39, 0.29) is 4.90 Å². The molecule has 0 aliphatic carbocycles. The van der Waals surface area contributed by atoms with Crippen LogP contribution in [0.3, 0.4) is 0 Å². The third-order valence-corrected chi connectivity index (χ3v) is 5.60. The van der Waals surface area contributed by atoms with Crippen LogP contribution in [0.25, 0.3) is 0 Å². The molecule has 0 atom stereocenters. The van der Waals surface area contributed by atoms with Crippen LogP contribution >= 0.6 is 11.6 Å². The Morgan fingerprint density at radius 1 is 1.00 bits per heavy atom. The summed E-state index contributed by atoms with van der Waals surface area (Å²) in [5.41, 5.74) is 2.67. The highest BCUT2D eigenvalue weighted by Gasteiger charge is 2.18. The van der Waals surface area contributed by atoms with Gasteiger partial charge in [0.2, 0.25) is 10.0 Å². The monoisotopic (exact) mass is 367 g/mol. The Balaban J connectivity index is 2.29. The molecule has 2 aromatic carbocycles. The standard InChI is InChI=1S/C17H22ClN3O2S/c1-4-19-16-10-9-15(24(22,23)21(2)3)11-17(16)20-12-13-5-7-14(18)8-6-13/h5-11,19-20H,4,12H2,1-3H3. The minimum absolute atomic E-state index is 0.257. The van der Waals surface area contributed by atoms with Gasteiger partial charge in [-0.1, -0.05) is 23.7 Å². The zero-order valence-corrected chi connectivity index (χ0v) is 15.6. The summed E-state index contributed by atoms with van der Waals surface area (Å²) in [7, 11) is -0.427. The SMILES string of the molecule is CCNc1ccc(S(=O)(=O)N(C)C)cc1NCc1ccc(Cl)cc1. The number of benzene rings is 2. The molecule has 0 aliphatic heterocycles. The number of nitrogens with one attached hydrogen (secondary N) is 2. The Morgan fingerprint density at radius 3 is 2.25 bits per heavy atom. The largest absolute Gasteiger partial charge is 0.384 e. The second-order valence-electron chi connectivity index (χ2n) is 5.51. The maximum Gasteiger partial charge on any atom is 0.242 e. The van der Waals surface area contributed by atoms with Gasteiger partial charge in [-0.05, 0) is 42.8 Å². The van der Waals surface area contributed by atoms with Crippen molar-refractivity contribution in [2.75, 3.05) is 31.3 Å². The summed E-state index contributed by atoms with van der Waals surface area (Å²) in [4.78, 5) is 0.257. The topological polar surface area (TPSA) is 61.4 Å². The van der Waals surface area contributed by atoms with Gasteiger partial charge in [0.05, 0.1) is 16.3 Å². The predicted molar refractivity (Wildman–Crippen MR) is 100 cm³/mol. The van der Waals surface area contributed by atoms with E-state index in [4.69, 9.17) is 11.6 Å². The van der Waals surface area contributed by atoms with Crippen LogP contribution in [-0.2, 0) is 16.6 Å². The first-order valence-electron chi connectivity index (χ1n) is 7.63. The summed E-state index contributed by atoms with van der Waals surface area (Å²) in [6, 6.07) is 12.6. The number of nitrogens with zero attached hydrogens (tertiary/aromatic N) is 1. The molecule has 0 bridgehead atoms.